The van der Waals surface area contributed by atoms with Crippen molar-refractivity contribution in [1.82, 2.24) is 24.1 Å². The summed E-state index contributed by atoms with van der Waals surface area (Å²) in [5, 5.41) is 12.7. The number of nitriles is 1. The van der Waals surface area contributed by atoms with E-state index in [0.29, 0.717) is 21.5 Å². The van der Waals surface area contributed by atoms with Crippen molar-refractivity contribution in [2.45, 2.75) is 24.6 Å². The predicted octanol–water partition coefficient (Wildman–Crippen LogP) is 4.96. The van der Waals surface area contributed by atoms with Crippen LogP contribution in [0.2, 0.25) is 0 Å². The Balaban J connectivity index is 1.73. The summed E-state index contributed by atoms with van der Waals surface area (Å²) in [6.45, 7) is -2.00. The van der Waals surface area contributed by atoms with E-state index < -0.39 is 24.6 Å². The van der Waals surface area contributed by atoms with Crippen LogP contribution >= 0.6 is 0 Å². The maximum Gasteiger partial charge on any atom is 0.459 e. The van der Waals surface area contributed by atoms with Crippen molar-refractivity contribution in [2.75, 3.05) is 0 Å². The van der Waals surface area contributed by atoms with Gasteiger partial charge in [-0.05, 0) is 24.3 Å². The molecule has 0 aromatic carbocycles. The Hall–Kier alpha value is -3.95. The van der Waals surface area contributed by atoms with Gasteiger partial charge in [0.15, 0.2) is 0 Å². The number of pyridine rings is 2. The molecule has 4 aromatic heterocycles. The van der Waals surface area contributed by atoms with Crippen LogP contribution in [0.3, 0.4) is 0 Å². The highest BCUT2D eigenvalue weighted by Gasteiger charge is 2.73. The lowest BCUT2D eigenvalue weighted by atomic mass is 10.0. The quantitative estimate of drug-likeness (QED) is 0.388. The van der Waals surface area contributed by atoms with E-state index in [4.69, 9.17) is 0 Å². The Morgan fingerprint density at radius 2 is 1.73 bits per heavy atom. The summed E-state index contributed by atoms with van der Waals surface area (Å²) in [6, 6.07) is 7.97. The van der Waals surface area contributed by atoms with Crippen LogP contribution in [0.25, 0.3) is 28.0 Å². The van der Waals surface area contributed by atoms with E-state index in [1.54, 1.807) is 35.1 Å². The molecule has 0 spiro atoms. The van der Waals surface area contributed by atoms with Gasteiger partial charge >= 0.3 is 18.0 Å². The maximum atomic E-state index is 13.8. The van der Waals surface area contributed by atoms with Gasteiger partial charge in [0.25, 0.3) is 0 Å². The van der Waals surface area contributed by atoms with Gasteiger partial charge < -0.3 is 4.40 Å². The molecule has 0 atom stereocenters. The van der Waals surface area contributed by atoms with Crippen molar-refractivity contribution in [1.29, 1.82) is 5.26 Å². The van der Waals surface area contributed by atoms with Crippen LogP contribution in [0.4, 0.5) is 30.7 Å². The molecule has 0 aliphatic rings. The molecule has 0 fully saturated rings. The minimum Gasteiger partial charge on any atom is -0.307 e. The van der Waals surface area contributed by atoms with Gasteiger partial charge in [-0.3, -0.25) is 4.68 Å². The van der Waals surface area contributed by atoms with E-state index in [-0.39, 0.29) is 17.0 Å². The van der Waals surface area contributed by atoms with Crippen molar-refractivity contribution in [3.8, 4) is 28.5 Å². The summed E-state index contributed by atoms with van der Waals surface area (Å²) in [5.41, 5.74) is 1.75. The molecular formula is C20H11F7N6. The highest BCUT2D eigenvalue weighted by atomic mass is 19.4. The molecule has 0 saturated carbocycles. The molecule has 0 bridgehead atoms. The Morgan fingerprint density at radius 1 is 0.970 bits per heavy atom. The Kier molecular flexibility index (Phi) is 5.11. The first-order chi connectivity index (χ1) is 15.4. The number of imidazole rings is 1. The second-order valence-electron chi connectivity index (χ2n) is 7.02. The van der Waals surface area contributed by atoms with Crippen LogP contribution in [0.5, 0.6) is 0 Å². The monoisotopic (exact) mass is 468 g/mol. The summed E-state index contributed by atoms with van der Waals surface area (Å²) in [6.07, 6.45) is 0.428. The lowest BCUT2D eigenvalue weighted by Crippen LogP contribution is -2.53. The van der Waals surface area contributed by atoms with Crippen LogP contribution in [0.1, 0.15) is 5.69 Å². The highest BCUT2D eigenvalue weighted by Crippen LogP contribution is 2.47. The van der Waals surface area contributed by atoms with Crippen LogP contribution in [0, 0.1) is 11.3 Å². The van der Waals surface area contributed by atoms with Gasteiger partial charge in [0.2, 0.25) is 0 Å². The number of hydrogen-bond acceptors (Lipinski definition) is 4. The zero-order valence-electron chi connectivity index (χ0n) is 16.2. The zero-order valence-corrected chi connectivity index (χ0v) is 16.2. The van der Waals surface area contributed by atoms with E-state index >= 15 is 0 Å². The van der Waals surface area contributed by atoms with Crippen LogP contribution in [-0.4, -0.2) is 42.2 Å². The first-order valence-corrected chi connectivity index (χ1v) is 9.12. The second kappa shape index (κ2) is 7.58. The molecule has 0 saturated heterocycles. The van der Waals surface area contributed by atoms with Crippen LogP contribution in [-0.2, 0) is 6.54 Å². The van der Waals surface area contributed by atoms with Crippen molar-refractivity contribution >= 4 is 5.65 Å². The minimum atomic E-state index is -6.43. The molecule has 0 N–H and O–H groups in total. The second-order valence-corrected chi connectivity index (χ2v) is 7.02. The fourth-order valence-electron chi connectivity index (χ4n) is 3.13. The number of alkyl halides is 7. The van der Waals surface area contributed by atoms with E-state index in [1.807, 2.05) is 6.07 Å². The van der Waals surface area contributed by atoms with Gasteiger partial charge in [-0.25, -0.2) is 9.97 Å². The summed E-state index contributed by atoms with van der Waals surface area (Å²) >= 11 is 0. The van der Waals surface area contributed by atoms with Crippen LogP contribution in [0.15, 0.2) is 55.2 Å². The number of fused-ring (bicyclic) bond motifs is 1. The van der Waals surface area contributed by atoms with Crippen molar-refractivity contribution in [2.24, 2.45) is 0 Å². The van der Waals surface area contributed by atoms with Gasteiger partial charge in [0.05, 0.1) is 11.9 Å². The smallest absolute Gasteiger partial charge is 0.307 e. The van der Waals surface area contributed by atoms with Gasteiger partial charge in [0.1, 0.15) is 24.0 Å². The Bertz CT molecular complexity index is 1360. The molecular weight excluding hydrogens is 457 g/mol. The molecule has 13 heteroatoms. The third-order valence-electron chi connectivity index (χ3n) is 4.80. The maximum absolute atomic E-state index is 13.8. The number of nitrogens with zero attached hydrogens (tertiary/aromatic N) is 6. The average Bonchev–Trinajstić information content (AvgIpc) is 3.40. The molecule has 4 rings (SSSR count). The normalized spacial score (nSPS) is 12.8. The topological polar surface area (TPSA) is 71.8 Å². The number of hydrogen-bond donors (Lipinski definition) is 0. The molecule has 4 aromatic rings. The number of halogens is 7. The molecule has 6 nitrogen and oxygen atoms in total. The lowest BCUT2D eigenvalue weighted by molar-refractivity contribution is -0.357. The Morgan fingerprint density at radius 3 is 2.42 bits per heavy atom. The van der Waals surface area contributed by atoms with Gasteiger partial charge in [0, 0.05) is 41.5 Å². The summed E-state index contributed by atoms with van der Waals surface area (Å²) < 4.78 is 93.2. The number of aromatic nitrogens is 5. The molecule has 33 heavy (non-hydrogen) atoms. The van der Waals surface area contributed by atoms with E-state index in [1.165, 1.54) is 12.1 Å². The lowest BCUT2D eigenvalue weighted by Gasteiger charge is -2.27. The fourth-order valence-corrected chi connectivity index (χ4v) is 3.13. The zero-order chi connectivity index (χ0) is 24.0. The average molecular weight is 468 g/mol. The minimum absolute atomic E-state index is 0.0423. The van der Waals surface area contributed by atoms with Crippen LogP contribution < -0.4 is 0 Å². The molecule has 0 aliphatic carbocycles. The molecule has 0 aliphatic heterocycles. The van der Waals surface area contributed by atoms with Crippen molar-refractivity contribution in [3.05, 3.63) is 60.9 Å². The summed E-state index contributed by atoms with van der Waals surface area (Å²) in [5.74, 6) is -11.7. The fraction of sp³-hybridized carbons (Fsp3) is 0.200. The third kappa shape index (κ3) is 3.88. The molecule has 0 unspecified atom stereocenters. The summed E-state index contributed by atoms with van der Waals surface area (Å²) in [7, 11) is 0. The largest absolute Gasteiger partial charge is 0.459 e. The summed E-state index contributed by atoms with van der Waals surface area (Å²) in [4.78, 5) is 8.38. The number of rotatable bonds is 5. The van der Waals surface area contributed by atoms with Crippen molar-refractivity contribution < 1.29 is 30.7 Å². The highest BCUT2D eigenvalue weighted by molar-refractivity contribution is 5.81. The third-order valence-corrected chi connectivity index (χ3v) is 4.80. The van der Waals surface area contributed by atoms with Gasteiger partial charge in [-0.2, -0.15) is 41.1 Å². The standard InChI is InChI=1S/C20H11F7N6/c21-18(22,19(23,24)20(25,26)27)11-33-10-13(9-30-33)15-2-1-14(8-28)31-17(15)12-3-5-32-6-4-29-16(32)7-12/h1-7,9-10H,11H2. The molecule has 170 valence electrons. The van der Waals surface area contributed by atoms with Gasteiger partial charge in [-0.15, -0.1) is 0 Å². The predicted molar refractivity (Wildman–Crippen MR) is 100 cm³/mol. The molecule has 0 radical (unpaired) electrons. The molecule has 0 amide bonds. The first kappa shape index (κ1) is 22.3. The van der Waals surface area contributed by atoms with Gasteiger partial charge in [-0.1, -0.05) is 0 Å². The Labute approximate surface area is 180 Å². The SMILES string of the molecule is N#Cc1ccc(-c2cnn(CC(F)(F)C(F)(F)C(F)(F)F)c2)c(-c2ccn3ccnc3c2)n1. The molecule has 4 heterocycles. The van der Waals surface area contributed by atoms with E-state index in [0.717, 1.165) is 12.4 Å². The first-order valence-electron chi connectivity index (χ1n) is 9.12. The van der Waals surface area contributed by atoms with E-state index in [2.05, 4.69) is 15.1 Å². The van der Waals surface area contributed by atoms with E-state index in [9.17, 15) is 36.0 Å². The van der Waals surface area contributed by atoms with Crippen molar-refractivity contribution in [3.63, 3.8) is 0 Å².